The van der Waals surface area contributed by atoms with Crippen molar-refractivity contribution in [1.29, 1.82) is 0 Å². The van der Waals surface area contributed by atoms with Crippen LogP contribution in [0.1, 0.15) is 79.2 Å². The number of nitrogens with one attached hydrogen (secondary N) is 2. The van der Waals surface area contributed by atoms with Crippen molar-refractivity contribution in [2.45, 2.75) is 64.5 Å². The van der Waals surface area contributed by atoms with Crippen molar-refractivity contribution in [1.82, 2.24) is 50.1 Å². The number of fused-ring (bicyclic) bond motifs is 2. The number of hydrogen-bond acceptors (Lipinski definition) is 10. The minimum atomic E-state index is -0.581. The molecule has 0 spiro atoms. The molecule has 0 aliphatic carbocycles. The minimum Gasteiger partial charge on any atom is -0.345 e. The van der Waals surface area contributed by atoms with Crippen LogP contribution in [0.5, 0.6) is 0 Å². The molecule has 6 heterocycles. The number of piperidine rings is 1. The topological polar surface area (TPSA) is 169 Å². The monoisotopic (exact) mass is 827 g/mol. The molecule has 3 aromatic carbocycles. The average Bonchev–Trinajstić information content (AvgIpc) is 3.99. The molecule has 2 aliphatic heterocycles. The van der Waals surface area contributed by atoms with Crippen LogP contribution in [0.4, 0.5) is 19.4 Å². The van der Waals surface area contributed by atoms with Gasteiger partial charge in [0.25, 0.3) is 11.7 Å². The molecule has 61 heavy (non-hydrogen) atoms. The van der Waals surface area contributed by atoms with Crippen molar-refractivity contribution in [2.24, 2.45) is 7.05 Å². The molecule has 17 heteroatoms. The minimum absolute atomic E-state index is 0.0911. The molecule has 2 aliphatic rings. The molecule has 0 bridgehead atoms. The van der Waals surface area contributed by atoms with Gasteiger partial charge < -0.3 is 9.84 Å². The highest BCUT2D eigenvalue weighted by molar-refractivity contribution is 6.08. The molecule has 0 unspecified atom stereocenters. The van der Waals surface area contributed by atoms with Crippen LogP contribution in [-0.2, 0) is 30.3 Å². The van der Waals surface area contributed by atoms with E-state index in [1.54, 1.807) is 45.7 Å². The van der Waals surface area contributed by atoms with E-state index in [4.69, 9.17) is 4.52 Å². The van der Waals surface area contributed by atoms with Gasteiger partial charge in [-0.1, -0.05) is 56.3 Å². The Bertz CT molecular complexity index is 2850. The van der Waals surface area contributed by atoms with Crippen LogP contribution in [0.15, 0.2) is 77.7 Å². The van der Waals surface area contributed by atoms with Crippen molar-refractivity contribution in [3.63, 3.8) is 0 Å². The van der Waals surface area contributed by atoms with Gasteiger partial charge in [-0.25, -0.2) is 23.1 Å². The van der Waals surface area contributed by atoms with E-state index in [1.165, 1.54) is 22.9 Å². The van der Waals surface area contributed by atoms with E-state index in [9.17, 15) is 14.4 Å². The molecule has 4 aromatic heterocycles. The molecule has 9 rings (SSSR count). The summed E-state index contributed by atoms with van der Waals surface area (Å²) in [6, 6.07) is 17.5. The number of benzene rings is 3. The fraction of sp³-hybridized carbons (Fsp3) is 0.318. The number of amides is 4. The summed E-state index contributed by atoms with van der Waals surface area (Å²) in [5, 5.41) is 18.6. The van der Waals surface area contributed by atoms with Gasteiger partial charge in [-0.05, 0) is 73.3 Å². The predicted molar refractivity (Wildman–Crippen MR) is 221 cm³/mol. The van der Waals surface area contributed by atoms with Crippen molar-refractivity contribution < 1.29 is 27.7 Å². The number of imide groups is 1. The largest absolute Gasteiger partial charge is 0.345 e. The fourth-order valence-electron chi connectivity index (χ4n) is 8.06. The second-order valence-electron chi connectivity index (χ2n) is 16.7. The van der Waals surface area contributed by atoms with Crippen molar-refractivity contribution in [3.8, 4) is 22.4 Å². The number of nitrogens with zero attached hydrogens (tertiary/aromatic N) is 9. The quantitative estimate of drug-likeness (QED) is 0.161. The Morgan fingerprint density at radius 1 is 0.951 bits per heavy atom. The van der Waals surface area contributed by atoms with Gasteiger partial charge in [0.15, 0.2) is 5.82 Å². The number of carbonyl (C=O) groups excluding carboxylic acids is 3. The van der Waals surface area contributed by atoms with E-state index in [1.807, 2.05) is 40.0 Å². The van der Waals surface area contributed by atoms with Crippen LogP contribution in [0.25, 0.3) is 38.8 Å². The lowest BCUT2D eigenvalue weighted by Crippen LogP contribution is -2.49. The number of carbonyl (C=O) groups is 3. The molecule has 2 saturated heterocycles. The summed E-state index contributed by atoms with van der Waals surface area (Å²) in [4.78, 5) is 49.2. The zero-order chi connectivity index (χ0) is 42.6. The summed E-state index contributed by atoms with van der Waals surface area (Å²) in [6.07, 6.45) is 5.21. The average molecular weight is 828 g/mol. The summed E-state index contributed by atoms with van der Waals surface area (Å²) in [7, 11) is 1.86. The standard InChI is InChI=1S/C44H43F2N11O4/c1-44(2,3)42-51-39(53-61-42)41(59)47-21-29-7-6-28(18-33(29)45)38-36-20-30(23-57(36)49-24-48-38)31-9-5-25(17-34(31)46)22-55-14-11-26(12-15-55)27-8-10-32-35(19-27)54(4)52-40(32)56-16-13-37(58)50-43(56)60/h5-10,17-20,23-24,26H,11-16,21-22H2,1-4H3,(H,47,59)(H,50,58,60). The second kappa shape index (κ2) is 15.6. The fourth-order valence-corrected chi connectivity index (χ4v) is 8.06. The van der Waals surface area contributed by atoms with E-state index in [0.717, 1.165) is 42.4 Å². The highest BCUT2D eigenvalue weighted by atomic mass is 19.1. The molecule has 2 N–H and O–H groups in total. The van der Waals surface area contributed by atoms with E-state index in [-0.39, 0.29) is 36.1 Å². The van der Waals surface area contributed by atoms with Gasteiger partial charge in [0.05, 0.1) is 16.7 Å². The Morgan fingerprint density at radius 2 is 1.77 bits per heavy atom. The Kier molecular flexibility index (Phi) is 10.1. The Labute approximate surface area is 348 Å². The van der Waals surface area contributed by atoms with Gasteiger partial charge >= 0.3 is 6.03 Å². The number of aromatic nitrogens is 7. The maximum Gasteiger partial charge on any atom is 0.329 e. The predicted octanol–water partition coefficient (Wildman–Crippen LogP) is 6.66. The SMILES string of the molecule is Cn1nc(N2CCC(=O)NC2=O)c2ccc(C3CCN(Cc4ccc(-c5cc6c(-c7ccc(CNC(=O)c8noc(C(C)(C)C)n8)c(F)c7)ncnn6c5)c(F)c4)CC3)cc21. The molecule has 0 radical (unpaired) electrons. The first-order valence-corrected chi connectivity index (χ1v) is 20.1. The molecular formula is C44H43F2N11O4. The number of anilines is 1. The van der Waals surface area contributed by atoms with Crippen molar-refractivity contribution >= 4 is 40.1 Å². The summed E-state index contributed by atoms with van der Waals surface area (Å²) >= 11 is 0. The zero-order valence-corrected chi connectivity index (χ0v) is 34.1. The summed E-state index contributed by atoms with van der Waals surface area (Å²) in [6.45, 7) is 8.18. The lowest BCUT2D eigenvalue weighted by Gasteiger charge is -2.32. The van der Waals surface area contributed by atoms with Crippen molar-refractivity contribution in [3.05, 3.63) is 113 Å². The maximum atomic E-state index is 15.8. The molecule has 0 atom stereocenters. The van der Waals surface area contributed by atoms with Gasteiger partial charge in [-0.2, -0.15) is 15.2 Å². The summed E-state index contributed by atoms with van der Waals surface area (Å²) < 4.78 is 39.8. The third-order valence-electron chi connectivity index (χ3n) is 11.4. The number of likely N-dealkylation sites (tertiary alicyclic amines) is 1. The molecule has 15 nitrogen and oxygen atoms in total. The van der Waals surface area contributed by atoms with Gasteiger partial charge in [-0.3, -0.25) is 29.4 Å². The van der Waals surface area contributed by atoms with Crippen molar-refractivity contribution in [2.75, 3.05) is 24.5 Å². The molecule has 0 saturated carbocycles. The Hall–Kier alpha value is -6.88. The molecule has 2 fully saturated rings. The lowest BCUT2D eigenvalue weighted by atomic mass is 9.88. The van der Waals surface area contributed by atoms with E-state index >= 15 is 8.78 Å². The number of rotatable bonds is 9. The number of urea groups is 1. The van der Waals surface area contributed by atoms with Crippen LogP contribution in [0, 0.1) is 11.6 Å². The second-order valence-corrected chi connectivity index (χ2v) is 16.7. The third kappa shape index (κ3) is 7.83. The Morgan fingerprint density at radius 3 is 2.51 bits per heavy atom. The highest BCUT2D eigenvalue weighted by Crippen LogP contribution is 2.35. The zero-order valence-electron chi connectivity index (χ0n) is 34.1. The van der Waals surface area contributed by atoms with Crippen LogP contribution in [0.2, 0.25) is 0 Å². The third-order valence-corrected chi connectivity index (χ3v) is 11.4. The summed E-state index contributed by atoms with van der Waals surface area (Å²) in [5.74, 6) is -0.672. The lowest BCUT2D eigenvalue weighted by molar-refractivity contribution is -0.120. The Balaban J connectivity index is 0.836. The van der Waals surface area contributed by atoms with E-state index < -0.39 is 23.2 Å². The van der Waals surface area contributed by atoms with Gasteiger partial charge in [0.1, 0.15) is 18.0 Å². The molecule has 4 amide bonds. The summed E-state index contributed by atoms with van der Waals surface area (Å²) in [5.41, 5.74) is 5.40. The van der Waals surface area contributed by atoms with Crippen LogP contribution < -0.4 is 15.5 Å². The van der Waals surface area contributed by atoms with Crippen LogP contribution in [0.3, 0.4) is 0 Å². The first kappa shape index (κ1) is 39.6. The van der Waals surface area contributed by atoms with Gasteiger partial charge in [-0.15, -0.1) is 0 Å². The smallest absolute Gasteiger partial charge is 0.329 e. The normalized spacial score (nSPS) is 15.5. The maximum absolute atomic E-state index is 15.8. The first-order valence-electron chi connectivity index (χ1n) is 20.1. The highest BCUT2D eigenvalue weighted by Gasteiger charge is 2.29. The van der Waals surface area contributed by atoms with Crippen LogP contribution in [-0.4, -0.2) is 76.9 Å². The number of hydrogen-bond donors (Lipinski definition) is 2. The molecule has 7 aromatic rings. The van der Waals surface area contributed by atoms with Gasteiger partial charge in [0, 0.05) is 72.4 Å². The number of aryl methyl sites for hydroxylation is 1. The number of halogens is 2. The molecule has 312 valence electrons. The van der Waals surface area contributed by atoms with E-state index in [2.05, 4.69) is 53.0 Å². The van der Waals surface area contributed by atoms with Gasteiger partial charge in [0.2, 0.25) is 11.8 Å². The van der Waals surface area contributed by atoms with E-state index in [0.29, 0.717) is 58.6 Å². The first-order chi connectivity index (χ1) is 29.3. The van der Waals surface area contributed by atoms with Crippen LogP contribution >= 0.6 is 0 Å². The molecular weight excluding hydrogens is 785 g/mol.